The Morgan fingerprint density at radius 3 is 2.60 bits per heavy atom. The van der Waals surface area contributed by atoms with Gasteiger partial charge in [0.15, 0.2) is 0 Å². The highest BCUT2D eigenvalue weighted by Crippen LogP contribution is 1.80. The zero-order chi connectivity index (χ0) is 3.54. The lowest BCUT2D eigenvalue weighted by atomic mass is 10.6. The van der Waals surface area contributed by atoms with Gasteiger partial charge >= 0.3 is 0 Å². The zero-order valence-corrected chi connectivity index (χ0v) is 2.73. The Morgan fingerprint density at radius 2 is 2.40 bits per heavy atom. The number of hydrogen-bond acceptors (Lipinski definition) is 0. The van der Waals surface area contributed by atoms with E-state index in [1.165, 1.54) is 0 Å². The van der Waals surface area contributed by atoms with Gasteiger partial charge in [-0.05, 0) is 12.2 Å². The van der Waals surface area contributed by atoms with Crippen molar-refractivity contribution in [3.8, 4) is 0 Å². The number of allylic oxidation sites excluding steroid dienone is 3. The van der Waals surface area contributed by atoms with Crippen LogP contribution in [0, 0.1) is 6.08 Å². The molecule has 0 nitrogen and oxygen atoms in total. The molecule has 0 fully saturated rings. The minimum atomic E-state index is 1.82. The van der Waals surface area contributed by atoms with Crippen molar-refractivity contribution in [3.05, 3.63) is 30.0 Å². The fourth-order valence-electron chi connectivity index (χ4n) is 0.241. The van der Waals surface area contributed by atoms with Crippen LogP contribution < -0.4 is 0 Å². The second-order valence-electron chi connectivity index (χ2n) is 0.814. The molecule has 5 heavy (non-hydrogen) atoms. The third-order valence-electron chi connectivity index (χ3n) is 0.442. The van der Waals surface area contributed by atoms with Crippen LogP contribution in [-0.4, -0.2) is 0 Å². The fraction of sp³-hybridized carbons (Fsp3) is 0. The molecule has 0 saturated heterocycles. The summed E-state index contributed by atoms with van der Waals surface area (Å²) in [6, 6.07) is 0. The van der Waals surface area contributed by atoms with Crippen LogP contribution in [0.3, 0.4) is 0 Å². The molecule has 0 aromatic carbocycles. The Balaban J connectivity index is 2.98. The quantitative estimate of drug-likeness (QED) is 0.369. The molecule has 0 heterocycles. The van der Waals surface area contributed by atoms with Crippen molar-refractivity contribution in [1.29, 1.82) is 0 Å². The van der Waals surface area contributed by atoms with Crippen molar-refractivity contribution in [1.82, 2.24) is 0 Å². The third-order valence-corrected chi connectivity index (χ3v) is 0.442. The Morgan fingerprint density at radius 1 is 1.40 bits per heavy atom. The van der Waals surface area contributed by atoms with Gasteiger partial charge in [-0.25, -0.2) is 0 Å². The average Bonchev–Trinajstić information content (AvgIpc) is 1.76. The summed E-state index contributed by atoms with van der Waals surface area (Å²) in [6.07, 6.45) is 8.26. The second kappa shape index (κ2) is 0.918. The Bertz CT molecular complexity index is 91.2. The van der Waals surface area contributed by atoms with E-state index in [0.29, 0.717) is 0 Å². The van der Waals surface area contributed by atoms with Gasteiger partial charge in [0.25, 0.3) is 0 Å². The normalized spacial score (nSPS) is 14.4. The standard InChI is InChI=1S/C5H3/c1-2-4-5-3-1/h1-3H. The largest absolute Gasteiger partial charge is 0.112 e. The number of hydrogen-bond donors (Lipinski definition) is 0. The summed E-state index contributed by atoms with van der Waals surface area (Å²) >= 11 is 0. The van der Waals surface area contributed by atoms with Gasteiger partial charge in [-0.3, -0.25) is 0 Å². The van der Waals surface area contributed by atoms with Gasteiger partial charge in [0.1, 0.15) is 0 Å². The van der Waals surface area contributed by atoms with Crippen LogP contribution >= 0.6 is 0 Å². The molecule has 0 atom stereocenters. The maximum atomic E-state index is 2.74. The molecule has 0 bridgehead atoms. The van der Waals surface area contributed by atoms with Gasteiger partial charge in [-0.15, -0.1) is 5.73 Å². The smallest absolute Gasteiger partial charge is 0.0315 e. The molecule has 0 amide bonds. The minimum absolute atomic E-state index is 1.82. The summed E-state index contributed by atoms with van der Waals surface area (Å²) in [6.45, 7) is 0. The summed E-state index contributed by atoms with van der Waals surface area (Å²) in [4.78, 5) is 0. The second-order valence-corrected chi connectivity index (χ2v) is 0.814. The lowest BCUT2D eigenvalue weighted by molar-refractivity contribution is 2.02. The van der Waals surface area contributed by atoms with E-state index >= 15 is 0 Å². The van der Waals surface area contributed by atoms with E-state index < -0.39 is 0 Å². The summed E-state index contributed by atoms with van der Waals surface area (Å²) in [5, 5.41) is 0. The molecule has 1 aliphatic carbocycles. The van der Waals surface area contributed by atoms with Crippen LogP contribution in [-0.2, 0) is 0 Å². The van der Waals surface area contributed by atoms with E-state index in [0.717, 1.165) is 0 Å². The predicted octanol–water partition coefficient (Wildman–Crippen LogP) is 1.07. The van der Waals surface area contributed by atoms with Gasteiger partial charge in [-0.2, -0.15) is 0 Å². The van der Waals surface area contributed by atoms with Gasteiger partial charge in [-0.1, -0.05) is 6.08 Å². The minimum Gasteiger partial charge on any atom is -0.112 e. The van der Waals surface area contributed by atoms with Gasteiger partial charge in [0, 0.05) is 6.08 Å². The third kappa shape index (κ3) is 0.285. The van der Waals surface area contributed by atoms with Crippen LogP contribution in [0.2, 0.25) is 0 Å². The molecular weight excluding hydrogens is 60.1 g/mol. The topological polar surface area (TPSA) is 0 Å². The van der Waals surface area contributed by atoms with Crippen LogP contribution in [0.5, 0.6) is 0 Å². The zero-order valence-electron chi connectivity index (χ0n) is 2.73. The molecule has 1 rings (SSSR count). The number of rotatable bonds is 0. The first-order chi connectivity index (χ1) is 2.50. The molecule has 0 spiro atoms. The molecule has 1 radical (unpaired) electrons. The Labute approximate surface area is 31.1 Å². The molecule has 0 aliphatic heterocycles. The highest BCUT2D eigenvalue weighted by molar-refractivity contribution is 5.12. The van der Waals surface area contributed by atoms with Crippen molar-refractivity contribution in [2.24, 2.45) is 0 Å². The SMILES string of the molecule is [C]1=C=CC=C1. The van der Waals surface area contributed by atoms with E-state index in [4.69, 9.17) is 0 Å². The first kappa shape index (κ1) is 2.49. The summed E-state index contributed by atoms with van der Waals surface area (Å²) in [5.74, 6) is 0. The van der Waals surface area contributed by atoms with E-state index in [1.54, 1.807) is 0 Å². The summed E-state index contributed by atoms with van der Waals surface area (Å²) in [7, 11) is 0. The molecular formula is C5H3. The van der Waals surface area contributed by atoms with Crippen molar-refractivity contribution >= 4 is 0 Å². The van der Waals surface area contributed by atoms with Crippen LogP contribution in [0.1, 0.15) is 0 Å². The fourth-order valence-corrected chi connectivity index (χ4v) is 0.241. The van der Waals surface area contributed by atoms with Crippen molar-refractivity contribution in [3.63, 3.8) is 0 Å². The van der Waals surface area contributed by atoms with Crippen molar-refractivity contribution in [2.75, 3.05) is 0 Å². The molecule has 0 aromatic heterocycles. The van der Waals surface area contributed by atoms with Crippen LogP contribution in [0.4, 0.5) is 0 Å². The first-order valence-electron chi connectivity index (χ1n) is 1.49. The van der Waals surface area contributed by atoms with E-state index in [9.17, 15) is 0 Å². The molecule has 0 unspecified atom stereocenters. The van der Waals surface area contributed by atoms with Crippen LogP contribution in [0.25, 0.3) is 0 Å². The predicted molar refractivity (Wildman–Crippen MR) is 20.5 cm³/mol. The monoisotopic (exact) mass is 63.0 g/mol. The maximum Gasteiger partial charge on any atom is 0.0315 e. The summed E-state index contributed by atoms with van der Waals surface area (Å²) in [5.41, 5.74) is 2.74. The van der Waals surface area contributed by atoms with Gasteiger partial charge in [0.2, 0.25) is 0 Å². The van der Waals surface area contributed by atoms with Gasteiger partial charge < -0.3 is 0 Å². The van der Waals surface area contributed by atoms with E-state index in [2.05, 4.69) is 11.8 Å². The highest BCUT2D eigenvalue weighted by Gasteiger charge is 1.62. The Kier molecular flexibility index (Phi) is 0.458. The van der Waals surface area contributed by atoms with Gasteiger partial charge in [0.05, 0.1) is 0 Å². The summed E-state index contributed by atoms with van der Waals surface area (Å²) < 4.78 is 0. The molecule has 0 N–H and O–H groups in total. The molecule has 0 heteroatoms. The molecule has 0 saturated carbocycles. The Hall–Kier alpha value is -0.740. The molecule has 23 valence electrons. The maximum absolute atomic E-state index is 2.74. The van der Waals surface area contributed by atoms with E-state index in [-0.39, 0.29) is 0 Å². The lowest BCUT2D eigenvalue weighted by Crippen LogP contribution is -1.27. The molecule has 1 aliphatic rings. The average molecular weight is 63.1 g/mol. The first-order valence-corrected chi connectivity index (χ1v) is 1.49. The van der Waals surface area contributed by atoms with Crippen molar-refractivity contribution < 1.29 is 0 Å². The van der Waals surface area contributed by atoms with E-state index in [1.807, 2.05) is 18.2 Å². The highest BCUT2D eigenvalue weighted by atomic mass is 13.7. The van der Waals surface area contributed by atoms with Crippen molar-refractivity contribution in [2.45, 2.75) is 0 Å². The van der Waals surface area contributed by atoms with Crippen LogP contribution in [0.15, 0.2) is 24.0 Å². The molecule has 0 aromatic rings. The lowest BCUT2D eigenvalue weighted by Gasteiger charge is -1.45.